The monoisotopic (exact) mass is 304 g/mol. The summed E-state index contributed by atoms with van der Waals surface area (Å²) in [5.74, 6) is 0.786. The van der Waals surface area contributed by atoms with Crippen molar-refractivity contribution in [3.05, 3.63) is 59.1 Å². The average Bonchev–Trinajstić information content (AvgIpc) is 2.48. The molecule has 0 aromatic heterocycles. The van der Waals surface area contributed by atoms with Gasteiger partial charge >= 0.3 is 6.03 Å². The van der Waals surface area contributed by atoms with Gasteiger partial charge in [0.2, 0.25) is 0 Å². The lowest BCUT2D eigenvalue weighted by atomic mass is 10.2. The average molecular weight is 305 g/mol. The molecule has 2 rings (SSSR count). The number of urea groups is 1. The van der Waals surface area contributed by atoms with Gasteiger partial charge in [0, 0.05) is 0 Å². The Balaban J connectivity index is 1.70. The minimum atomic E-state index is -0.310. The molecule has 2 aromatic carbocycles. The van der Waals surface area contributed by atoms with Crippen LogP contribution in [0.1, 0.15) is 5.56 Å². The Kier molecular flexibility index (Phi) is 5.46. The molecular formula is C16H17ClN2O2. The van der Waals surface area contributed by atoms with Crippen molar-refractivity contribution in [2.75, 3.05) is 18.5 Å². The highest BCUT2D eigenvalue weighted by molar-refractivity contribution is 6.33. The maximum Gasteiger partial charge on any atom is 0.319 e. The fourth-order valence-corrected chi connectivity index (χ4v) is 1.88. The Morgan fingerprint density at radius 1 is 1.14 bits per heavy atom. The van der Waals surface area contributed by atoms with Gasteiger partial charge in [-0.1, -0.05) is 41.4 Å². The fraction of sp³-hybridized carbons (Fsp3) is 0.188. The van der Waals surface area contributed by atoms with Crippen molar-refractivity contribution in [1.82, 2.24) is 5.32 Å². The number of hydrogen-bond acceptors (Lipinski definition) is 2. The van der Waals surface area contributed by atoms with E-state index in [1.807, 2.05) is 37.3 Å². The number of para-hydroxylation sites is 1. The van der Waals surface area contributed by atoms with Gasteiger partial charge < -0.3 is 15.4 Å². The number of ether oxygens (including phenoxy) is 1. The van der Waals surface area contributed by atoms with Crippen LogP contribution in [0.4, 0.5) is 10.5 Å². The van der Waals surface area contributed by atoms with Crippen LogP contribution in [-0.2, 0) is 0 Å². The minimum Gasteiger partial charge on any atom is -0.492 e. The zero-order chi connectivity index (χ0) is 15.1. The number of halogens is 1. The molecule has 5 heteroatoms. The van der Waals surface area contributed by atoms with Gasteiger partial charge in [-0.15, -0.1) is 0 Å². The van der Waals surface area contributed by atoms with Crippen LogP contribution in [-0.4, -0.2) is 19.2 Å². The molecule has 0 aliphatic rings. The van der Waals surface area contributed by atoms with E-state index >= 15 is 0 Å². The number of carbonyl (C=O) groups is 1. The summed E-state index contributed by atoms with van der Waals surface area (Å²) in [6.45, 7) is 2.83. The van der Waals surface area contributed by atoms with Crippen molar-refractivity contribution in [3.8, 4) is 5.75 Å². The molecule has 0 spiro atoms. The minimum absolute atomic E-state index is 0.310. The molecule has 0 aliphatic heterocycles. The number of carbonyl (C=O) groups excluding carboxylic acids is 1. The second-order valence-electron chi connectivity index (χ2n) is 4.52. The van der Waals surface area contributed by atoms with Gasteiger partial charge in [0.1, 0.15) is 12.4 Å². The van der Waals surface area contributed by atoms with Crippen molar-refractivity contribution in [1.29, 1.82) is 0 Å². The molecule has 0 bridgehead atoms. The van der Waals surface area contributed by atoms with Gasteiger partial charge in [-0.2, -0.15) is 0 Å². The van der Waals surface area contributed by atoms with E-state index in [4.69, 9.17) is 16.3 Å². The second kappa shape index (κ2) is 7.55. The summed E-state index contributed by atoms with van der Waals surface area (Å²) in [5, 5.41) is 5.89. The topological polar surface area (TPSA) is 50.4 Å². The quantitative estimate of drug-likeness (QED) is 0.824. The van der Waals surface area contributed by atoms with Crippen LogP contribution in [0.5, 0.6) is 5.75 Å². The van der Waals surface area contributed by atoms with Gasteiger partial charge in [0.05, 0.1) is 17.3 Å². The van der Waals surface area contributed by atoms with Crippen molar-refractivity contribution in [2.45, 2.75) is 6.92 Å². The smallest absolute Gasteiger partial charge is 0.319 e. The van der Waals surface area contributed by atoms with E-state index < -0.39 is 0 Å². The maximum absolute atomic E-state index is 11.7. The third-order valence-corrected chi connectivity index (χ3v) is 3.13. The van der Waals surface area contributed by atoms with Gasteiger partial charge in [-0.25, -0.2) is 4.79 Å². The number of amides is 2. The summed E-state index contributed by atoms with van der Waals surface area (Å²) in [5.41, 5.74) is 1.76. The lowest BCUT2D eigenvalue weighted by molar-refractivity contribution is 0.247. The highest BCUT2D eigenvalue weighted by Crippen LogP contribution is 2.19. The number of benzene rings is 2. The first-order valence-corrected chi connectivity index (χ1v) is 7.02. The van der Waals surface area contributed by atoms with Gasteiger partial charge in [-0.3, -0.25) is 0 Å². The summed E-state index contributed by atoms with van der Waals surface area (Å²) in [4.78, 5) is 11.7. The molecule has 0 heterocycles. The summed E-state index contributed by atoms with van der Waals surface area (Å²) in [7, 11) is 0. The summed E-state index contributed by atoms with van der Waals surface area (Å²) < 4.78 is 5.52. The Morgan fingerprint density at radius 2 is 1.86 bits per heavy atom. The molecule has 2 amide bonds. The normalized spacial score (nSPS) is 10.0. The van der Waals surface area contributed by atoms with E-state index in [1.54, 1.807) is 18.2 Å². The van der Waals surface area contributed by atoms with Gasteiger partial charge in [0.15, 0.2) is 0 Å². The van der Waals surface area contributed by atoms with Crippen LogP contribution in [0, 0.1) is 6.92 Å². The van der Waals surface area contributed by atoms with E-state index in [1.165, 1.54) is 5.56 Å². The molecule has 4 nitrogen and oxygen atoms in total. The molecule has 2 N–H and O–H groups in total. The predicted molar refractivity (Wildman–Crippen MR) is 85.1 cm³/mol. The number of nitrogens with one attached hydrogen (secondary N) is 2. The molecule has 2 aromatic rings. The maximum atomic E-state index is 11.7. The van der Waals surface area contributed by atoms with E-state index in [9.17, 15) is 4.79 Å². The molecule has 0 radical (unpaired) electrons. The van der Waals surface area contributed by atoms with Crippen LogP contribution in [0.3, 0.4) is 0 Å². The molecule has 0 atom stereocenters. The third kappa shape index (κ3) is 5.00. The predicted octanol–water partition coefficient (Wildman–Crippen LogP) is 3.85. The lowest BCUT2D eigenvalue weighted by Crippen LogP contribution is -2.32. The first-order chi connectivity index (χ1) is 10.1. The first kappa shape index (κ1) is 15.2. The largest absolute Gasteiger partial charge is 0.492 e. The SMILES string of the molecule is Cc1ccc(OCCNC(=O)Nc2ccccc2Cl)cc1. The molecule has 0 fully saturated rings. The Bertz CT molecular complexity index is 599. The van der Waals surface area contributed by atoms with Crippen LogP contribution < -0.4 is 15.4 Å². The Hall–Kier alpha value is -2.20. The van der Waals surface area contributed by atoms with Crippen molar-refractivity contribution in [2.24, 2.45) is 0 Å². The van der Waals surface area contributed by atoms with Gasteiger partial charge in [-0.05, 0) is 31.2 Å². The molecular weight excluding hydrogens is 288 g/mol. The molecule has 0 saturated heterocycles. The first-order valence-electron chi connectivity index (χ1n) is 6.64. The Morgan fingerprint density at radius 3 is 2.57 bits per heavy atom. The molecule has 110 valence electrons. The molecule has 0 saturated carbocycles. The molecule has 0 unspecified atom stereocenters. The highest BCUT2D eigenvalue weighted by atomic mass is 35.5. The third-order valence-electron chi connectivity index (χ3n) is 2.80. The van der Waals surface area contributed by atoms with Crippen LogP contribution in [0.15, 0.2) is 48.5 Å². The van der Waals surface area contributed by atoms with E-state index in [-0.39, 0.29) is 6.03 Å². The van der Waals surface area contributed by atoms with E-state index in [0.717, 1.165) is 5.75 Å². The number of anilines is 1. The van der Waals surface area contributed by atoms with Crippen LogP contribution in [0.25, 0.3) is 0 Å². The lowest BCUT2D eigenvalue weighted by Gasteiger charge is -2.10. The van der Waals surface area contributed by atoms with Crippen molar-refractivity contribution >= 4 is 23.3 Å². The second-order valence-corrected chi connectivity index (χ2v) is 4.93. The summed E-state index contributed by atoms with van der Waals surface area (Å²) >= 11 is 5.96. The zero-order valence-electron chi connectivity index (χ0n) is 11.7. The fourth-order valence-electron chi connectivity index (χ4n) is 1.70. The summed E-state index contributed by atoms with van der Waals surface area (Å²) in [6, 6.07) is 14.5. The highest BCUT2D eigenvalue weighted by Gasteiger charge is 2.04. The molecule has 0 aliphatic carbocycles. The molecule has 21 heavy (non-hydrogen) atoms. The summed E-state index contributed by atoms with van der Waals surface area (Å²) in [6.07, 6.45) is 0. The van der Waals surface area contributed by atoms with Crippen molar-refractivity contribution < 1.29 is 9.53 Å². The number of aryl methyl sites for hydroxylation is 1. The standard InChI is InChI=1S/C16H17ClN2O2/c1-12-6-8-13(9-7-12)21-11-10-18-16(20)19-15-5-3-2-4-14(15)17/h2-9H,10-11H2,1H3,(H2,18,19,20). The zero-order valence-corrected chi connectivity index (χ0v) is 12.5. The van der Waals surface area contributed by atoms with E-state index in [0.29, 0.717) is 23.9 Å². The number of rotatable bonds is 5. The van der Waals surface area contributed by atoms with Crippen LogP contribution in [0.2, 0.25) is 5.02 Å². The van der Waals surface area contributed by atoms with Gasteiger partial charge in [0.25, 0.3) is 0 Å². The number of hydrogen-bond donors (Lipinski definition) is 2. The van der Waals surface area contributed by atoms with Crippen molar-refractivity contribution in [3.63, 3.8) is 0 Å². The Labute approximate surface area is 129 Å². The van der Waals surface area contributed by atoms with E-state index in [2.05, 4.69) is 10.6 Å². The van der Waals surface area contributed by atoms with Crippen LogP contribution >= 0.6 is 11.6 Å².